The molecule has 2 aromatic heterocycles. The Hall–Kier alpha value is -3.30. The molecule has 1 atom stereocenters. The number of halogens is 1. The molecule has 0 bridgehead atoms. The van der Waals surface area contributed by atoms with Crippen molar-refractivity contribution in [2.45, 2.75) is 19.4 Å². The quantitative estimate of drug-likeness (QED) is 0.292. The van der Waals surface area contributed by atoms with E-state index in [2.05, 4.69) is 31.2 Å². The fourth-order valence-corrected chi connectivity index (χ4v) is 4.88. The number of anilines is 1. The molecule has 3 heterocycles. The third-order valence-electron chi connectivity index (χ3n) is 6.25. The molecule has 2 aromatic carbocycles. The summed E-state index contributed by atoms with van der Waals surface area (Å²) in [7, 11) is 0. The Labute approximate surface area is 205 Å². The van der Waals surface area contributed by atoms with Gasteiger partial charge in [-0.2, -0.15) is 9.61 Å². The number of aromatic nitrogens is 3. The number of rotatable bonds is 6. The SMILES string of the molecule is Oc1ccc(CN2CCCC(CNc3cc(-c4ccccc4O)nc4c(Br)cnn34)C2)c(O)c1. The number of likely N-dealkylation sites (tertiary alicyclic amines) is 1. The first kappa shape index (κ1) is 22.5. The molecule has 1 aliphatic heterocycles. The Balaban J connectivity index is 1.33. The lowest BCUT2D eigenvalue weighted by Crippen LogP contribution is -2.37. The minimum Gasteiger partial charge on any atom is -0.508 e. The van der Waals surface area contributed by atoms with Crippen LogP contribution in [-0.4, -0.2) is 54.5 Å². The molecule has 0 amide bonds. The molecule has 0 spiro atoms. The van der Waals surface area contributed by atoms with Gasteiger partial charge in [0.15, 0.2) is 5.65 Å². The molecule has 4 N–H and O–H groups in total. The average molecular weight is 524 g/mol. The minimum absolute atomic E-state index is 0.0686. The van der Waals surface area contributed by atoms with Gasteiger partial charge in [-0.3, -0.25) is 4.90 Å². The van der Waals surface area contributed by atoms with Gasteiger partial charge in [-0.1, -0.05) is 18.2 Å². The van der Waals surface area contributed by atoms with Gasteiger partial charge in [-0.15, -0.1) is 0 Å². The van der Waals surface area contributed by atoms with Crippen molar-refractivity contribution in [2.75, 3.05) is 25.0 Å². The van der Waals surface area contributed by atoms with Gasteiger partial charge in [0, 0.05) is 42.9 Å². The highest BCUT2D eigenvalue weighted by atomic mass is 79.9. The number of piperidine rings is 1. The van der Waals surface area contributed by atoms with Gasteiger partial charge in [0.05, 0.1) is 16.4 Å². The molecule has 1 fully saturated rings. The smallest absolute Gasteiger partial charge is 0.172 e. The fourth-order valence-electron chi connectivity index (χ4n) is 4.53. The van der Waals surface area contributed by atoms with E-state index in [0.717, 1.165) is 48.3 Å². The maximum absolute atomic E-state index is 10.3. The maximum atomic E-state index is 10.3. The van der Waals surface area contributed by atoms with Crippen LogP contribution in [0.2, 0.25) is 0 Å². The molecule has 34 heavy (non-hydrogen) atoms. The summed E-state index contributed by atoms with van der Waals surface area (Å²) in [5.41, 5.74) is 2.83. The van der Waals surface area contributed by atoms with Crippen molar-refractivity contribution in [3.8, 4) is 28.5 Å². The van der Waals surface area contributed by atoms with Crippen LogP contribution in [0.3, 0.4) is 0 Å². The number of fused-ring (bicyclic) bond motifs is 1. The van der Waals surface area contributed by atoms with Crippen LogP contribution >= 0.6 is 15.9 Å². The second-order valence-electron chi connectivity index (χ2n) is 8.71. The van der Waals surface area contributed by atoms with E-state index < -0.39 is 0 Å². The van der Waals surface area contributed by atoms with E-state index in [9.17, 15) is 15.3 Å². The number of nitrogens with one attached hydrogen (secondary N) is 1. The summed E-state index contributed by atoms with van der Waals surface area (Å²) in [4.78, 5) is 7.03. The van der Waals surface area contributed by atoms with E-state index >= 15 is 0 Å². The Bertz CT molecular complexity index is 1330. The predicted octanol–water partition coefficient (Wildman–Crippen LogP) is 4.60. The molecule has 0 radical (unpaired) electrons. The number of nitrogens with zero attached hydrogens (tertiary/aromatic N) is 4. The van der Waals surface area contributed by atoms with Crippen LogP contribution in [0.1, 0.15) is 18.4 Å². The first-order valence-electron chi connectivity index (χ1n) is 11.3. The van der Waals surface area contributed by atoms with Crippen molar-refractivity contribution in [3.05, 3.63) is 64.8 Å². The Morgan fingerprint density at radius 2 is 1.91 bits per heavy atom. The first-order chi connectivity index (χ1) is 16.5. The summed E-state index contributed by atoms with van der Waals surface area (Å²) >= 11 is 3.52. The van der Waals surface area contributed by atoms with Crippen LogP contribution in [0.25, 0.3) is 16.9 Å². The van der Waals surface area contributed by atoms with Crippen LogP contribution in [0.5, 0.6) is 17.2 Å². The summed E-state index contributed by atoms with van der Waals surface area (Å²) in [6.45, 7) is 3.27. The van der Waals surface area contributed by atoms with E-state index in [0.29, 0.717) is 29.4 Å². The van der Waals surface area contributed by atoms with Crippen LogP contribution in [0, 0.1) is 5.92 Å². The largest absolute Gasteiger partial charge is 0.508 e. The zero-order valence-corrected chi connectivity index (χ0v) is 20.1. The van der Waals surface area contributed by atoms with E-state index in [1.54, 1.807) is 35.0 Å². The number of benzene rings is 2. The van der Waals surface area contributed by atoms with E-state index in [1.165, 1.54) is 6.07 Å². The van der Waals surface area contributed by atoms with E-state index in [-0.39, 0.29) is 17.2 Å². The van der Waals surface area contributed by atoms with Crippen molar-refractivity contribution in [3.63, 3.8) is 0 Å². The number of hydrogen-bond donors (Lipinski definition) is 4. The van der Waals surface area contributed by atoms with Gasteiger partial charge < -0.3 is 20.6 Å². The summed E-state index contributed by atoms with van der Waals surface area (Å²) in [6.07, 6.45) is 3.90. The summed E-state index contributed by atoms with van der Waals surface area (Å²) in [5.74, 6) is 1.60. The van der Waals surface area contributed by atoms with Gasteiger partial charge in [-0.05, 0) is 59.4 Å². The molecule has 9 heteroatoms. The highest BCUT2D eigenvalue weighted by Crippen LogP contribution is 2.31. The van der Waals surface area contributed by atoms with Crippen molar-refractivity contribution in [1.29, 1.82) is 0 Å². The molecule has 5 rings (SSSR count). The molecule has 8 nitrogen and oxygen atoms in total. The number of hydrogen-bond acceptors (Lipinski definition) is 7. The second-order valence-corrected chi connectivity index (χ2v) is 9.56. The predicted molar refractivity (Wildman–Crippen MR) is 134 cm³/mol. The van der Waals surface area contributed by atoms with Crippen molar-refractivity contribution in [2.24, 2.45) is 5.92 Å². The van der Waals surface area contributed by atoms with Crippen LogP contribution < -0.4 is 5.32 Å². The van der Waals surface area contributed by atoms with E-state index in [4.69, 9.17) is 4.98 Å². The fraction of sp³-hybridized carbons (Fsp3) is 0.280. The number of phenols is 3. The maximum Gasteiger partial charge on any atom is 0.172 e. The summed E-state index contributed by atoms with van der Waals surface area (Å²) in [6, 6.07) is 13.9. The monoisotopic (exact) mass is 523 g/mol. The zero-order chi connectivity index (χ0) is 23.7. The van der Waals surface area contributed by atoms with Crippen LogP contribution in [0.4, 0.5) is 5.82 Å². The second kappa shape index (κ2) is 9.52. The standard InChI is InChI=1S/C25H26BrN5O3/c26-20-13-28-31-24(11-21(29-25(20)31)19-5-1-2-6-22(19)33)27-12-16-4-3-9-30(14-16)15-17-7-8-18(32)10-23(17)34/h1-2,5-8,10-11,13,16,27,32-34H,3-4,9,12,14-15H2. The molecule has 176 valence electrons. The first-order valence-corrected chi connectivity index (χ1v) is 12.1. The molecule has 0 aliphatic carbocycles. The highest BCUT2D eigenvalue weighted by molar-refractivity contribution is 9.10. The van der Waals surface area contributed by atoms with Gasteiger partial charge >= 0.3 is 0 Å². The van der Waals surface area contributed by atoms with Gasteiger partial charge in [0.25, 0.3) is 0 Å². The lowest BCUT2D eigenvalue weighted by molar-refractivity contribution is 0.171. The van der Waals surface area contributed by atoms with Gasteiger partial charge in [0.2, 0.25) is 0 Å². The third-order valence-corrected chi connectivity index (χ3v) is 6.81. The Morgan fingerprint density at radius 3 is 2.74 bits per heavy atom. The summed E-state index contributed by atoms with van der Waals surface area (Å²) in [5, 5.41) is 38.0. The number of aromatic hydroxyl groups is 3. The van der Waals surface area contributed by atoms with E-state index in [1.807, 2.05) is 18.2 Å². The lowest BCUT2D eigenvalue weighted by atomic mass is 9.97. The van der Waals surface area contributed by atoms with Gasteiger partial charge in [-0.25, -0.2) is 4.98 Å². The summed E-state index contributed by atoms with van der Waals surface area (Å²) < 4.78 is 2.55. The molecule has 4 aromatic rings. The molecule has 1 saturated heterocycles. The lowest BCUT2D eigenvalue weighted by Gasteiger charge is -2.33. The van der Waals surface area contributed by atoms with Crippen LogP contribution in [-0.2, 0) is 6.54 Å². The van der Waals surface area contributed by atoms with Crippen molar-refractivity contribution < 1.29 is 15.3 Å². The number of para-hydroxylation sites is 1. The zero-order valence-electron chi connectivity index (χ0n) is 18.5. The molecule has 0 saturated carbocycles. The molecule has 1 aliphatic rings. The highest BCUT2D eigenvalue weighted by Gasteiger charge is 2.22. The molecular weight excluding hydrogens is 498 g/mol. The molecule has 1 unspecified atom stereocenters. The normalized spacial score (nSPS) is 16.7. The van der Waals surface area contributed by atoms with Crippen molar-refractivity contribution in [1.82, 2.24) is 19.5 Å². The Kier molecular flexibility index (Phi) is 6.30. The van der Waals surface area contributed by atoms with Crippen LogP contribution in [0.15, 0.2) is 59.2 Å². The third kappa shape index (κ3) is 4.67. The Morgan fingerprint density at radius 1 is 1.06 bits per heavy atom. The average Bonchev–Trinajstić information content (AvgIpc) is 3.21. The minimum atomic E-state index is 0.0686. The molecular formula is C25H26BrN5O3. The topological polar surface area (TPSA) is 106 Å². The number of phenolic OH excluding ortho intramolecular Hbond substituents is 3. The van der Waals surface area contributed by atoms with Crippen molar-refractivity contribution >= 4 is 27.4 Å². The van der Waals surface area contributed by atoms with Gasteiger partial charge in [0.1, 0.15) is 23.1 Å².